The van der Waals surface area contributed by atoms with Crippen LogP contribution in [0.4, 0.5) is 5.69 Å². The molecule has 0 aliphatic carbocycles. The third-order valence-corrected chi connectivity index (χ3v) is 2.76. The molecule has 0 spiro atoms. The number of hydrogen-bond donors (Lipinski definition) is 2. The van der Waals surface area contributed by atoms with Gasteiger partial charge in [-0.2, -0.15) is 0 Å². The minimum Gasteiger partial charge on any atom is -0.344 e. The molecule has 1 atom stereocenters. The summed E-state index contributed by atoms with van der Waals surface area (Å²) in [4.78, 5) is 6.51. The predicted octanol–water partition coefficient (Wildman–Crippen LogP) is 2.12. The number of nitrogens with two attached hydrogens (primary N) is 1. The summed E-state index contributed by atoms with van der Waals surface area (Å²) in [5.74, 6) is 6.83. The highest BCUT2D eigenvalue weighted by Gasteiger charge is 2.08. The Morgan fingerprint density at radius 3 is 2.59 bits per heavy atom. The number of aliphatic imine (C=N–C) groups is 1. The lowest BCUT2D eigenvalue weighted by molar-refractivity contribution is 0.386. The highest BCUT2D eigenvalue weighted by atomic mass is 15.4. The van der Waals surface area contributed by atoms with Gasteiger partial charge in [-0.25, -0.2) is 10.8 Å². The number of guanidine groups is 1. The Hall–Kier alpha value is -1.55. The molecule has 0 bridgehead atoms. The Labute approximate surface area is 104 Å². The van der Waals surface area contributed by atoms with Crippen molar-refractivity contribution in [1.82, 2.24) is 10.3 Å². The Morgan fingerprint density at radius 2 is 2.06 bits per heavy atom. The van der Waals surface area contributed by atoms with Crippen LogP contribution in [0.15, 0.2) is 35.3 Å². The monoisotopic (exact) mass is 234 g/mol. The van der Waals surface area contributed by atoms with E-state index >= 15 is 0 Å². The topological polar surface area (TPSA) is 53.6 Å². The van der Waals surface area contributed by atoms with Crippen LogP contribution < -0.4 is 11.3 Å². The molecule has 1 aromatic rings. The van der Waals surface area contributed by atoms with Crippen molar-refractivity contribution in [3.63, 3.8) is 0 Å². The summed E-state index contributed by atoms with van der Waals surface area (Å²) in [6.07, 6.45) is 1.15. The first-order valence-electron chi connectivity index (χ1n) is 5.98. The molecule has 17 heavy (non-hydrogen) atoms. The van der Waals surface area contributed by atoms with Gasteiger partial charge in [0, 0.05) is 13.6 Å². The number of nitrogens with zero attached hydrogens (tertiary/aromatic N) is 2. The van der Waals surface area contributed by atoms with E-state index in [1.165, 1.54) is 0 Å². The summed E-state index contributed by atoms with van der Waals surface area (Å²) in [6, 6.07) is 9.80. The van der Waals surface area contributed by atoms with E-state index in [1.807, 2.05) is 42.3 Å². The lowest BCUT2D eigenvalue weighted by Crippen LogP contribution is -2.44. The summed E-state index contributed by atoms with van der Waals surface area (Å²) in [5, 5.41) is 0. The first-order valence-corrected chi connectivity index (χ1v) is 5.98. The molecule has 0 amide bonds. The van der Waals surface area contributed by atoms with Gasteiger partial charge in [0.1, 0.15) is 0 Å². The Bertz CT molecular complexity index is 348. The van der Waals surface area contributed by atoms with E-state index in [9.17, 15) is 0 Å². The fourth-order valence-corrected chi connectivity index (χ4v) is 1.54. The Balaban J connectivity index is 2.73. The maximum absolute atomic E-state index is 5.52. The van der Waals surface area contributed by atoms with Crippen molar-refractivity contribution >= 4 is 11.6 Å². The van der Waals surface area contributed by atoms with Gasteiger partial charge in [-0.05, 0) is 18.1 Å². The third kappa shape index (κ3) is 4.44. The van der Waals surface area contributed by atoms with Gasteiger partial charge < -0.3 is 4.90 Å². The zero-order valence-corrected chi connectivity index (χ0v) is 10.9. The first kappa shape index (κ1) is 13.5. The summed E-state index contributed by atoms with van der Waals surface area (Å²) in [6.45, 7) is 5.34. The van der Waals surface area contributed by atoms with Gasteiger partial charge in [0.25, 0.3) is 0 Å². The summed E-state index contributed by atoms with van der Waals surface area (Å²) < 4.78 is 0. The van der Waals surface area contributed by atoms with Crippen molar-refractivity contribution < 1.29 is 0 Å². The molecule has 0 radical (unpaired) electrons. The number of hydrogen-bond acceptors (Lipinski definition) is 2. The molecule has 0 heterocycles. The van der Waals surface area contributed by atoms with Crippen LogP contribution in [0.1, 0.15) is 20.3 Å². The van der Waals surface area contributed by atoms with Crippen molar-refractivity contribution in [3.8, 4) is 0 Å². The summed E-state index contributed by atoms with van der Waals surface area (Å²) in [7, 11) is 1.99. The van der Waals surface area contributed by atoms with E-state index in [0.29, 0.717) is 11.9 Å². The van der Waals surface area contributed by atoms with Gasteiger partial charge >= 0.3 is 0 Å². The minimum atomic E-state index is 0.620. The average molecular weight is 234 g/mol. The molecule has 0 saturated carbocycles. The second kappa shape index (κ2) is 6.91. The number of rotatable bonds is 4. The van der Waals surface area contributed by atoms with Crippen LogP contribution in [0, 0.1) is 5.92 Å². The zero-order chi connectivity index (χ0) is 12.7. The molecule has 0 saturated heterocycles. The van der Waals surface area contributed by atoms with Crippen LogP contribution in [0.25, 0.3) is 0 Å². The normalized spacial score (nSPS) is 13.3. The van der Waals surface area contributed by atoms with Crippen LogP contribution in [0.2, 0.25) is 0 Å². The molecule has 0 aliphatic rings. The average Bonchev–Trinajstić information content (AvgIpc) is 2.36. The first-order chi connectivity index (χ1) is 8.17. The van der Waals surface area contributed by atoms with Gasteiger partial charge in [0.05, 0.1) is 5.69 Å². The second-order valence-corrected chi connectivity index (χ2v) is 4.31. The van der Waals surface area contributed by atoms with Gasteiger partial charge in [-0.15, -0.1) is 0 Å². The summed E-state index contributed by atoms with van der Waals surface area (Å²) >= 11 is 0. The fraction of sp³-hybridized carbons (Fsp3) is 0.462. The molecule has 4 nitrogen and oxygen atoms in total. The van der Waals surface area contributed by atoms with Crippen LogP contribution in [-0.2, 0) is 0 Å². The van der Waals surface area contributed by atoms with Crippen LogP contribution in [-0.4, -0.2) is 24.5 Å². The lowest BCUT2D eigenvalue weighted by atomic mass is 10.1. The van der Waals surface area contributed by atoms with E-state index in [-0.39, 0.29) is 0 Å². The van der Waals surface area contributed by atoms with Crippen LogP contribution in [0.5, 0.6) is 0 Å². The molecule has 0 aromatic heterocycles. The Morgan fingerprint density at radius 1 is 1.41 bits per heavy atom. The van der Waals surface area contributed by atoms with Crippen molar-refractivity contribution in [2.45, 2.75) is 20.3 Å². The van der Waals surface area contributed by atoms with Crippen LogP contribution >= 0.6 is 0 Å². The minimum absolute atomic E-state index is 0.620. The van der Waals surface area contributed by atoms with Gasteiger partial charge in [-0.1, -0.05) is 38.5 Å². The number of nitrogens with one attached hydrogen (secondary N) is 1. The molecule has 0 fully saturated rings. The van der Waals surface area contributed by atoms with Gasteiger partial charge in [0.2, 0.25) is 5.96 Å². The smallest absolute Gasteiger partial charge is 0.213 e. The number of hydrazine groups is 1. The Kier molecular flexibility index (Phi) is 5.49. The largest absolute Gasteiger partial charge is 0.344 e. The molecule has 1 aromatic carbocycles. The van der Waals surface area contributed by atoms with E-state index in [4.69, 9.17) is 5.84 Å². The van der Waals surface area contributed by atoms with Crippen molar-refractivity contribution in [2.24, 2.45) is 16.8 Å². The molecule has 0 aliphatic heterocycles. The lowest BCUT2D eigenvalue weighted by Gasteiger charge is -2.23. The van der Waals surface area contributed by atoms with Crippen molar-refractivity contribution in [3.05, 3.63) is 30.3 Å². The molecule has 1 unspecified atom stereocenters. The van der Waals surface area contributed by atoms with Crippen LogP contribution in [0.3, 0.4) is 0 Å². The number of benzene rings is 1. The standard InChI is InChI=1S/C13H22N4/c1-4-11(2)10-17(3)13(16-14)15-12-8-6-5-7-9-12/h5-9,11H,4,10,14H2,1-3H3,(H,15,16). The SMILES string of the molecule is CCC(C)CN(C)C(=Nc1ccccc1)NN. The second-order valence-electron chi connectivity index (χ2n) is 4.31. The van der Waals surface area contributed by atoms with Gasteiger partial charge in [0.15, 0.2) is 0 Å². The number of para-hydroxylation sites is 1. The quantitative estimate of drug-likeness (QED) is 0.363. The molecular formula is C13H22N4. The molecule has 94 valence electrons. The maximum atomic E-state index is 5.52. The van der Waals surface area contributed by atoms with Gasteiger partial charge in [-0.3, -0.25) is 5.43 Å². The van der Waals surface area contributed by atoms with Crippen molar-refractivity contribution in [1.29, 1.82) is 0 Å². The zero-order valence-electron chi connectivity index (χ0n) is 10.9. The molecular weight excluding hydrogens is 212 g/mol. The van der Waals surface area contributed by atoms with E-state index < -0.39 is 0 Å². The molecule has 4 heteroatoms. The molecule has 1 rings (SSSR count). The highest BCUT2D eigenvalue weighted by molar-refractivity contribution is 5.81. The van der Waals surface area contributed by atoms with E-state index in [2.05, 4.69) is 24.3 Å². The highest BCUT2D eigenvalue weighted by Crippen LogP contribution is 2.11. The molecule has 3 N–H and O–H groups in total. The summed E-state index contributed by atoms with van der Waals surface area (Å²) in [5.41, 5.74) is 3.56. The van der Waals surface area contributed by atoms with Crippen molar-refractivity contribution in [2.75, 3.05) is 13.6 Å². The maximum Gasteiger partial charge on any atom is 0.213 e. The third-order valence-electron chi connectivity index (χ3n) is 2.76. The van der Waals surface area contributed by atoms with E-state index in [0.717, 1.165) is 18.7 Å². The van der Waals surface area contributed by atoms with E-state index in [1.54, 1.807) is 0 Å². The fourth-order valence-electron chi connectivity index (χ4n) is 1.54. The predicted molar refractivity (Wildman–Crippen MR) is 72.9 cm³/mol.